The first-order valence-electron chi connectivity index (χ1n) is 6.91. The highest BCUT2D eigenvalue weighted by Gasteiger charge is 2.40. The average Bonchev–Trinajstić information content (AvgIpc) is 2.76. The summed E-state index contributed by atoms with van der Waals surface area (Å²) in [5, 5.41) is 0. The summed E-state index contributed by atoms with van der Waals surface area (Å²) in [5.41, 5.74) is 1.41. The predicted octanol–water partition coefficient (Wildman–Crippen LogP) is 2.40. The fourth-order valence-corrected chi connectivity index (χ4v) is 3.08. The Morgan fingerprint density at radius 1 is 1.30 bits per heavy atom. The van der Waals surface area contributed by atoms with Gasteiger partial charge in [0.05, 0.1) is 6.33 Å². The summed E-state index contributed by atoms with van der Waals surface area (Å²) in [6.45, 7) is 6.35. The van der Waals surface area contributed by atoms with Crippen LogP contribution in [0.2, 0.25) is 0 Å². The third-order valence-corrected chi connectivity index (χ3v) is 4.13. The van der Waals surface area contributed by atoms with Crippen LogP contribution < -0.4 is 10.5 Å². The molecule has 1 aliphatic heterocycles. The first-order valence-corrected chi connectivity index (χ1v) is 6.91. The zero-order valence-corrected chi connectivity index (χ0v) is 11.8. The number of hydrogen-bond donors (Lipinski definition) is 1. The van der Waals surface area contributed by atoms with Gasteiger partial charge in [0.2, 0.25) is 0 Å². The number of nitrogens with zero attached hydrogens (tertiary/aromatic N) is 2. The number of nitrogens with one attached hydrogen (secondary N) is 1. The zero-order valence-electron chi connectivity index (χ0n) is 11.8. The smallest absolute Gasteiger partial charge is 0.252 e. The number of rotatable bonds is 2. The van der Waals surface area contributed by atoms with Crippen molar-refractivity contribution in [2.75, 3.05) is 18.0 Å². The largest absolute Gasteiger partial charge is 0.355 e. The van der Waals surface area contributed by atoms with Crippen LogP contribution in [0.5, 0.6) is 0 Å². The standard InChI is InChI=1S/C16H19N3O/c1-16(2)10-19(14-8-15(20)18-11-17-14)9-13(16)12-6-4-3-5-7-12/h3-8,11,13H,9-10H2,1-2H3,(H,17,18,20). The molecule has 4 heteroatoms. The molecule has 1 aromatic heterocycles. The van der Waals surface area contributed by atoms with E-state index in [2.05, 4.69) is 53.0 Å². The lowest BCUT2D eigenvalue weighted by atomic mass is 9.78. The van der Waals surface area contributed by atoms with Gasteiger partial charge < -0.3 is 9.88 Å². The maximum Gasteiger partial charge on any atom is 0.252 e. The Kier molecular flexibility index (Phi) is 3.08. The molecule has 0 bridgehead atoms. The summed E-state index contributed by atoms with van der Waals surface area (Å²) < 4.78 is 0. The molecule has 0 radical (unpaired) electrons. The topological polar surface area (TPSA) is 49.0 Å². The Balaban J connectivity index is 1.91. The molecule has 4 nitrogen and oxygen atoms in total. The van der Waals surface area contributed by atoms with Crippen LogP contribution in [0.4, 0.5) is 5.82 Å². The second kappa shape index (κ2) is 4.78. The van der Waals surface area contributed by atoms with E-state index < -0.39 is 0 Å². The summed E-state index contributed by atoms with van der Waals surface area (Å²) in [6, 6.07) is 12.1. The molecular weight excluding hydrogens is 250 g/mol. The molecule has 0 spiro atoms. The van der Waals surface area contributed by atoms with Gasteiger partial charge in [-0.1, -0.05) is 44.2 Å². The van der Waals surface area contributed by atoms with Crippen molar-refractivity contribution in [3.8, 4) is 0 Å². The van der Waals surface area contributed by atoms with Gasteiger partial charge in [-0.2, -0.15) is 0 Å². The summed E-state index contributed by atoms with van der Waals surface area (Å²) >= 11 is 0. The summed E-state index contributed by atoms with van der Waals surface area (Å²) in [7, 11) is 0. The first-order chi connectivity index (χ1) is 9.56. The number of benzene rings is 1. The molecule has 104 valence electrons. The number of aromatic amines is 1. The SMILES string of the molecule is CC1(C)CN(c2cc(=O)[nH]cn2)CC1c1ccccc1. The van der Waals surface area contributed by atoms with Crippen molar-refractivity contribution in [1.82, 2.24) is 9.97 Å². The highest BCUT2D eigenvalue weighted by molar-refractivity contribution is 5.42. The lowest BCUT2D eigenvalue weighted by Crippen LogP contribution is -2.25. The maximum atomic E-state index is 11.4. The second-order valence-corrected chi connectivity index (χ2v) is 6.10. The van der Waals surface area contributed by atoms with Gasteiger partial charge in [-0.05, 0) is 11.0 Å². The van der Waals surface area contributed by atoms with Crippen molar-refractivity contribution in [3.63, 3.8) is 0 Å². The quantitative estimate of drug-likeness (QED) is 0.910. The van der Waals surface area contributed by atoms with Crippen molar-refractivity contribution >= 4 is 5.82 Å². The van der Waals surface area contributed by atoms with E-state index in [1.165, 1.54) is 11.9 Å². The molecule has 2 heterocycles. The van der Waals surface area contributed by atoms with E-state index in [4.69, 9.17) is 0 Å². The highest BCUT2D eigenvalue weighted by atomic mass is 16.1. The average molecular weight is 269 g/mol. The molecule has 0 aliphatic carbocycles. The third kappa shape index (κ3) is 2.33. The van der Waals surface area contributed by atoms with Crippen LogP contribution in [-0.2, 0) is 0 Å². The van der Waals surface area contributed by atoms with Crippen LogP contribution >= 0.6 is 0 Å². The van der Waals surface area contributed by atoms with Gasteiger partial charge in [0.25, 0.3) is 5.56 Å². The van der Waals surface area contributed by atoms with Crippen LogP contribution in [0, 0.1) is 5.41 Å². The van der Waals surface area contributed by atoms with Gasteiger partial charge in [-0.3, -0.25) is 4.79 Å². The van der Waals surface area contributed by atoms with E-state index in [1.54, 1.807) is 6.07 Å². The highest BCUT2D eigenvalue weighted by Crippen LogP contribution is 2.43. The minimum absolute atomic E-state index is 0.101. The lowest BCUT2D eigenvalue weighted by Gasteiger charge is -2.25. The van der Waals surface area contributed by atoms with E-state index in [9.17, 15) is 4.79 Å². The Morgan fingerprint density at radius 2 is 2.05 bits per heavy atom. The van der Waals surface area contributed by atoms with Crippen LogP contribution in [0.1, 0.15) is 25.3 Å². The second-order valence-electron chi connectivity index (χ2n) is 6.10. The molecule has 1 fully saturated rings. The number of anilines is 1. The summed E-state index contributed by atoms with van der Waals surface area (Å²) in [6.07, 6.45) is 1.47. The van der Waals surface area contributed by atoms with E-state index in [0.29, 0.717) is 5.92 Å². The van der Waals surface area contributed by atoms with Crippen LogP contribution in [0.15, 0.2) is 47.5 Å². The Morgan fingerprint density at radius 3 is 2.75 bits per heavy atom. The van der Waals surface area contributed by atoms with E-state index in [-0.39, 0.29) is 11.0 Å². The van der Waals surface area contributed by atoms with Gasteiger partial charge in [-0.15, -0.1) is 0 Å². The molecule has 1 unspecified atom stereocenters. The minimum atomic E-state index is -0.101. The van der Waals surface area contributed by atoms with Crippen molar-refractivity contribution in [3.05, 3.63) is 58.6 Å². The van der Waals surface area contributed by atoms with Gasteiger partial charge in [0.1, 0.15) is 5.82 Å². The number of aromatic nitrogens is 2. The van der Waals surface area contributed by atoms with Gasteiger partial charge in [-0.25, -0.2) is 4.98 Å². The fourth-order valence-electron chi connectivity index (χ4n) is 3.08. The van der Waals surface area contributed by atoms with E-state index >= 15 is 0 Å². The molecule has 1 N–H and O–H groups in total. The normalized spacial score (nSPS) is 21.1. The Bertz CT molecular complexity index is 648. The number of hydrogen-bond acceptors (Lipinski definition) is 3. The van der Waals surface area contributed by atoms with Crippen LogP contribution in [-0.4, -0.2) is 23.1 Å². The van der Waals surface area contributed by atoms with E-state index in [1.807, 2.05) is 6.07 Å². The fraction of sp³-hybridized carbons (Fsp3) is 0.375. The molecule has 0 saturated carbocycles. The molecule has 1 atom stereocenters. The van der Waals surface area contributed by atoms with Crippen molar-refractivity contribution in [2.45, 2.75) is 19.8 Å². The molecule has 1 aromatic carbocycles. The molecule has 1 saturated heterocycles. The monoisotopic (exact) mass is 269 g/mol. The summed E-state index contributed by atoms with van der Waals surface area (Å²) in [4.78, 5) is 20.5. The zero-order chi connectivity index (χ0) is 14.2. The van der Waals surface area contributed by atoms with E-state index in [0.717, 1.165) is 18.9 Å². The molecular formula is C16H19N3O. The predicted molar refractivity (Wildman–Crippen MR) is 80.0 cm³/mol. The Hall–Kier alpha value is -2.10. The molecule has 1 aliphatic rings. The molecule has 0 amide bonds. The molecule has 3 rings (SSSR count). The summed E-state index contributed by atoms with van der Waals surface area (Å²) in [5.74, 6) is 1.21. The first kappa shape index (κ1) is 12.9. The van der Waals surface area contributed by atoms with Gasteiger partial charge in [0.15, 0.2) is 0 Å². The van der Waals surface area contributed by atoms with Crippen LogP contribution in [0.25, 0.3) is 0 Å². The lowest BCUT2D eigenvalue weighted by molar-refractivity contribution is 0.365. The van der Waals surface area contributed by atoms with Crippen molar-refractivity contribution in [1.29, 1.82) is 0 Å². The maximum absolute atomic E-state index is 11.4. The minimum Gasteiger partial charge on any atom is -0.355 e. The van der Waals surface area contributed by atoms with Gasteiger partial charge in [0, 0.05) is 25.1 Å². The number of H-pyrrole nitrogens is 1. The third-order valence-electron chi connectivity index (χ3n) is 4.13. The molecule has 2 aromatic rings. The van der Waals surface area contributed by atoms with Crippen molar-refractivity contribution in [2.24, 2.45) is 5.41 Å². The molecule has 20 heavy (non-hydrogen) atoms. The Labute approximate surface area is 118 Å². The van der Waals surface area contributed by atoms with Crippen molar-refractivity contribution < 1.29 is 0 Å². The van der Waals surface area contributed by atoms with Gasteiger partial charge >= 0.3 is 0 Å². The van der Waals surface area contributed by atoms with Crippen LogP contribution in [0.3, 0.4) is 0 Å².